The summed E-state index contributed by atoms with van der Waals surface area (Å²) in [4.78, 5) is 12.7. The number of hydrogen-bond donors (Lipinski definition) is 1. The summed E-state index contributed by atoms with van der Waals surface area (Å²) in [5.41, 5.74) is 4.46. The van der Waals surface area contributed by atoms with Gasteiger partial charge < -0.3 is 4.74 Å². The van der Waals surface area contributed by atoms with Crippen LogP contribution in [0.3, 0.4) is 0 Å². The smallest absolute Gasteiger partial charge is 0.264 e. The van der Waals surface area contributed by atoms with E-state index in [-0.39, 0.29) is 10.6 Å². The first kappa shape index (κ1) is 25.9. The Morgan fingerprint density at radius 2 is 1.57 bits per heavy atom. The molecule has 0 aliphatic rings. The first-order valence-corrected chi connectivity index (χ1v) is 13.2. The summed E-state index contributed by atoms with van der Waals surface area (Å²) in [7, 11) is -4.03. The van der Waals surface area contributed by atoms with Crippen molar-refractivity contribution in [3.05, 3.63) is 125 Å². The molecule has 0 saturated carbocycles. The third kappa shape index (κ3) is 7.19. The van der Waals surface area contributed by atoms with Crippen LogP contribution in [0.1, 0.15) is 11.1 Å². The molecule has 0 fully saturated rings. The molecule has 0 aromatic heterocycles. The maximum atomic E-state index is 13.3. The standard InChI is InChI=1S/C28H24ClN3O4S/c29-24-10-7-11-25(18-24)32(37(34,35)27-12-5-2-6-13-27)20-28(33)31-30-19-22-14-16-26(17-15-22)36-21-23-8-3-1-4-9-23/h1-19H,20-21H2,(H,31,33)/b30-19+. The van der Waals surface area contributed by atoms with Gasteiger partial charge in [-0.3, -0.25) is 9.10 Å². The minimum atomic E-state index is -4.03. The average molecular weight is 534 g/mol. The summed E-state index contributed by atoms with van der Waals surface area (Å²) >= 11 is 6.08. The molecule has 1 amide bonds. The summed E-state index contributed by atoms with van der Waals surface area (Å²) in [5.74, 6) is 0.0897. The average Bonchev–Trinajstić information content (AvgIpc) is 2.92. The predicted molar refractivity (Wildman–Crippen MR) is 145 cm³/mol. The monoisotopic (exact) mass is 533 g/mol. The van der Waals surface area contributed by atoms with Gasteiger partial charge in [-0.2, -0.15) is 5.10 Å². The third-order valence-corrected chi connectivity index (χ3v) is 7.27. The van der Waals surface area contributed by atoms with E-state index < -0.39 is 22.5 Å². The highest BCUT2D eigenvalue weighted by atomic mass is 35.5. The topological polar surface area (TPSA) is 88.1 Å². The maximum absolute atomic E-state index is 13.3. The molecule has 0 heterocycles. The van der Waals surface area contributed by atoms with E-state index in [2.05, 4.69) is 10.5 Å². The number of ether oxygens (including phenoxy) is 1. The molecule has 0 bridgehead atoms. The number of carbonyl (C=O) groups excluding carboxylic acids is 1. The Morgan fingerprint density at radius 1 is 0.892 bits per heavy atom. The molecule has 9 heteroatoms. The molecule has 4 rings (SSSR count). The third-order valence-electron chi connectivity index (χ3n) is 5.25. The van der Waals surface area contributed by atoms with E-state index in [9.17, 15) is 13.2 Å². The maximum Gasteiger partial charge on any atom is 0.264 e. The van der Waals surface area contributed by atoms with Gasteiger partial charge in [0.1, 0.15) is 18.9 Å². The number of carbonyl (C=O) groups is 1. The molecule has 4 aromatic rings. The van der Waals surface area contributed by atoms with Crippen LogP contribution in [0.2, 0.25) is 5.02 Å². The van der Waals surface area contributed by atoms with Crippen molar-refractivity contribution in [2.75, 3.05) is 10.8 Å². The minimum absolute atomic E-state index is 0.0563. The first-order valence-electron chi connectivity index (χ1n) is 11.3. The van der Waals surface area contributed by atoms with Crippen molar-refractivity contribution in [1.29, 1.82) is 0 Å². The van der Waals surface area contributed by atoms with Crippen molar-refractivity contribution in [1.82, 2.24) is 5.43 Å². The van der Waals surface area contributed by atoms with Crippen molar-refractivity contribution >= 4 is 39.4 Å². The molecule has 0 aliphatic heterocycles. The van der Waals surface area contributed by atoms with Crippen LogP contribution in [0.15, 0.2) is 119 Å². The van der Waals surface area contributed by atoms with Gasteiger partial charge in [0, 0.05) is 5.02 Å². The van der Waals surface area contributed by atoms with Crippen molar-refractivity contribution in [2.45, 2.75) is 11.5 Å². The number of nitrogens with zero attached hydrogens (tertiary/aromatic N) is 2. The first-order chi connectivity index (χ1) is 17.9. The molecule has 37 heavy (non-hydrogen) atoms. The molecular formula is C28H24ClN3O4S. The van der Waals surface area contributed by atoms with Gasteiger partial charge in [-0.1, -0.05) is 66.2 Å². The summed E-state index contributed by atoms with van der Waals surface area (Å²) in [6.45, 7) is -0.0273. The van der Waals surface area contributed by atoms with Crippen LogP contribution in [-0.2, 0) is 21.4 Å². The van der Waals surface area contributed by atoms with Crippen LogP contribution < -0.4 is 14.5 Å². The van der Waals surface area contributed by atoms with Crippen molar-refractivity contribution in [3.63, 3.8) is 0 Å². The molecule has 0 spiro atoms. The Labute approximate surface area is 221 Å². The Morgan fingerprint density at radius 3 is 2.24 bits per heavy atom. The lowest BCUT2D eigenvalue weighted by molar-refractivity contribution is -0.119. The highest BCUT2D eigenvalue weighted by Gasteiger charge is 2.27. The van der Waals surface area contributed by atoms with Gasteiger partial charge in [-0.05, 0) is 65.7 Å². The van der Waals surface area contributed by atoms with Gasteiger partial charge in [0.05, 0.1) is 16.8 Å². The van der Waals surface area contributed by atoms with E-state index >= 15 is 0 Å². The fourth-order valence-electron chi connectivity index (χ4n) is 3.40. The zero-order valence-corrected chi connectivity index (χ0v) is 21.3. The second-order valence-corrected chi connectivity index (χ2v) is 10.2. The summed E-state index contributed by atoms with van der Waals surface area (Å²) in [5, 5.41) is 4.32. The zero-order valence-electron chi connectivity index (χ0n) is 19.7. The number of sulfonamides is 1. The normalized spacial score (nSPS) is 11.3. The van der Waals surface area contributed by atoms with Gasteiger partial charge in [-0.15, -0.1) is 0 Å². The summed E-state index contributed by atoms with van der Waals surface area (Å²) in [6.07, 6.45) is 1.47. The lowest BCUT2D eigenvalue weighted by Gasteiger charge is -2.23. The second kappa shape index (κ2) is 12.2. The zero-order chi connectivity index (χ0) is 26.1. The molecule has 0 saturated heterocycles. The highest BCUT2D eigenvalue weighted by molar-refractivity contribution is 7.92. The van der Waals surface area contributed by atoms with Crippen LogP contribution in [0, 0.1) is 0 Å². The quantitative estimate of drug-likeness (QED) is 0.222. The molecule has 0 atom stereocenters. The van der Waals surface area contributed by atoms with Crippen LogP contribution in [0.5, 0.6) is 5.75 Å². The number of nitrogens with one attached hydrogen (secondary N) is 1. The van der Waals surface area contributed by atoms with Crippen molar-refractivity contribution < 1.29 is 17.9 Å². The minimum Gasteiger partial charge on any atom is -0.489 e. The number of rotatable bonds is 10. The fourth-order valence-corrected chi connectivity index (χ4v) is 5.02. The van der Waals surface area contributed by atoms with Crippen LogP contribution in [0.4, 0.5) is 5.69 Å². The van der Waals surface area contributed by atoms with Gasteiger partial charge in [-0.25, -0.2) is 13.8 Å². The van der Waals surface area contributed by atoms with E-state index in [4.69, 9.17) is 16.3 Å². The van der Waals surface area contributed by atoms with E-state index in [1.807, 2.05) is 30.3 Å². The SMILES string of the molecule is O=C(CN(c1cccc(Cl)c1)S(=O)(=O)c1ccccc1)N/N=C/c1ccc(OCc2ccccc2)cc1. The van der Waals surface area contributed by atoms with E-state index in [0.29, 0.717) is 17.4 Å². The molecule has 1 N–H and O–H groups in total. The molecular weight excluding hydrogens is 510 g/mol. The van der Waals surface area contributed by atoms with Crippen molar-refractivity contribution in [3.8, 4) is 5.75 Å². The van der Waals surface area contributed by atoms with E-state index in [1.165, 1.54) is 24.4 Å². The molecule has 7 nitrogen and oxygen atoms in total. The second-order valence-electron chi connectivity index (χ2n) is 7.94. The van der Waals surface area contributed by atoms with Gasteiger partial charge >= 0.3 is 0 Å². The van der Waals surface area contributed by atoms with Crippen LogP contribution >= 0.6 is 11.6 Å². The van der Waals surface area contributed by atoms with E-state index in [0.717, 1.165) is 15.4 Å². The number of amides is 1. The predicted octanol–water partition coefficient (Wildman–Crippen LogP) is 5.26. The summed E-state index contributed by atoms with van der Waals surface area (Å²) < 4.78 is 33.4. The fraction of sp³-hybridized carbons (Fsp3) is 0.0714. The number of hydrazone groups is 1. The molecule has 0 radical (unpaired) electrons. The Bertz CT molecular complexity index is 1460. The Balaban J connectivity index is 1.40. The number of benzene rings is 4. The van der Waals surface area contributed by atoms with Gasteiger partial charge in [0.2, 0.25) is 0 Å². The summed E-state index contributed by atoms with van der Waals surface area (Å²) in [6, 6.07) is 31.2. The number of hydrogen-bond acceptors (Lipinski definition) is 5. The molecule has 0 unspecified atom stereocenters. The molecule has 0 aliphatic carbocycles. The Kier molecular flexibility index (Phi) is 8.56. The van der Waals surface area contributed by atoms with Crippen molar-refractivity contribution in [2.24, 2.45) is 5.10 Å². The lowest BCUT2D eigenvalue weighted by Crippen LogP contribution is -2.39. The van der Waals surface area contributed by atoms with Gasteiger partial charge in [0.15, 0.2) is 0 Å². The highest BCUT2D eigenvalue weighted by Crippen LogP contribution is 2.26. The van der Waals surface area contributed by atoms with Crippen LogP contribution in [-0.4, -0.2) is 27.1 Å². The number of halogens is 1. The number of anilines is 1. The molecule has 188 valence electrons. The largest absolute Gasteiger partial charge is 0.489 e. The van der Waals surface area contributed by atoms with Crippen LogP contribution in [0.25, 0.3) is 0 Å². The van der Waals surface area contributed by atoms with E-state index in [1.54, 1.807) is 60.7 Å². The lowest BCUT2D eigenvalue weighted by atomic mass is 10.2. The van der Waals surface area contributed by atoms with Gasteiger partial charge in [0.25, 0.3) is 15.9 Å². The Hall–Kier alpha value is -4.14. The molecule has 4 aromatic carbocycles.